The molecule has 3 nitrogen and oxygen atoms in total. The Morgan fingerprint density at radius 2 is 2.17 bits per heavy atom. The molecule has 1 aliphatic heterocycles. The van der Waals surface area contributed by atoms with Gasteiger partial charge in [-0.2, -0.15) is 0 Å². The standard InChI is InChI=1S/C15H27NO2/c1-2-3-10-17-12-9-16-14-6-11-18-15(13-14)7-4-5-8-15/h2,14,16H,1,3-13H2. The van der Waals surface area contributed by atoms with Gasteiger partial charge in [-0.25, -0.2) is 0 Å². The van der Waals surface area contributed by atoms with Crippen LogP contribution in [0.15, 0.2) is 12.7 Å². The van der Waals surface area contributed by atoms with E-state index < -0.39 is 0 Å². The summed E-state index contributed by atoms with van der Waals surface area (Å²) in [6.07, 6.45) is 10.4. The van der Waals surface area contributed by atoms with Crippen molar-refractivity contribution in [1.82, 2.24) is 5.32 Å². The van der Waals surface area contributed by atoms with Gasteiger partial charge in [0.2, 0.25) is 0 Å². The third-order valence-corrected chi connectivity index (χ3v) is 4.15. The lowest BCUT2D eigenvalue weighted by molar-refractivity contribution is -0.0840. The van der Waals surface area contributed by atoms with Crippen LogP contribution in [-0.4, -0.2) is 38.0 Å². The molecule has 1 heterocycles. The van der Waals surface area contributed by atoms with Gasteiger partial charge in [-0.3, -0.25) is 0 Å². The van der Waals surface area contributed by atoms with E-state index in [1.54, 1.807) is 0 Å². The minimum absolute atomic E-state index is 0.222. The third-order valence-electron chi connectivity index (χ3n) is 4.15. The highest BCUT2D eigenvalue weighted by molar-refractivity contribution is 4.93. The zero-order valence-corrected chi connectivity index (χ0v) is 11.5. The van der Waals surface area contributed by atoms with Crippen LogP contribution in [0, 0.1) is 0 Å². The maximum absolute atomic E-state index is 6.03. The van der Waals surface area contributed by atoms with Crippen molar-refractivity contribution in [2.75, 3.05) is 26.4 Å². The molecular weight excluding hydrogens is 226 g/mol. The van der Waals surface area contributed by atoms with Crippen molar-refractivity contribution in [3.8, 4) is 0 Å². The van der Waals surface area contributed by atoms with Crippen molar-refractivity contribution >= 4 is 0 Å². The Hall–Kier alpha value is -0.380. The van der Waals surface area contributed by atoms with Crippen molar-refractivity contribution in [3.05, 3.63) is 12.7 Å². The minimum Gasteiger partial charge on any atom is -0.380 e. The van der Waals surface area contributed by atoms with E-state index in [1.807, 2.05) is 6.08 Å². The van der Waals surface area contributed by atoms with Crippen LogP contribution in [0.4, 0.5) is 0 Å². The van der Waals surface area contributed by atoms with Crippen molar-refractivity contribution in [2.24, 2.45) is 0 Å². The molecule has 0 aromatic heterocycles. The van der Waals surface area contributed by atoms with E-state index >= 15 is 0 Å². The molecule has 1 unspecified atom stereocenters. The highest BCUT2D eigenvalue weighted by Gasteiger charge is 2.39. The Balaban J connectivity index is 1.59. The van der Waals surface area contributed by atoms with Crippen LogP contribution >= 0.6 is 0 Å². The van der Waals surface area contributed by atoms with Gasteiger partial charge in [-0.15, -0.1) is 6.58 Å². The summed E-state index contributed by atoms with van der Waals surface area (Å²) in [4.78, 5) is 0. The summed E-state index contributed by atoms with van der Waals surface area (Å²) >= 11 is 0. The molecule has 18 heavy (non-hydrogen) atoms. The number of nitrogens with one attached hydrogen (secondary N) is 1. The lowest BCUT2D eigenvalue weighted by Crippen LogP contribution is -2.46. The zero-order chi connectivity index (χ0) is 12.7. The first-order chi connectivity index (χ1) is 8.85. The van der Waals surface area contributed by atoms with Gasteiger partial charge in [-0.1, -0.05) is 18.9 Å². The van der Waals surface area contributed by atoms with E-state index in [2.05, 4.69) is 11.9 Å². The Morgan fingerprint density at radius 1 is 1.33 bits per heavy atom. The highest BCUT2D eigenvalue weighted by Crippen LogP contribution is 2.39. The molecule has 0 aromatic rings. The minimum atomic E-state index is 0.222. The quantitative estimate of drug-likeness (QED) is 0.559. The lowest BCUT2D eigenvalue weighted by Gasteiger charge is -2.38. The second-order valence-corrected chi connectivity index (χ2v) is 5.57. The first kappa shape index (κ1) is 14.0. The first-order valence-electron chi connectivity index (χ1n) is 7.41. The number of rotatable bonds is 7. The molecule has 3 heteroatoms. The predicted molar refractivity (Wildman–Crippen MR) is 73.8 cm³/mol. The van der Waals surface area contributed by atoms with E-state index in [1.165, 1.54) is 32.1 Å². The summed E-state index contributed by atoms with van der Waals surface area (Å²) in [5.41, 5.74) is 0.222. The Morgan fingerprint density at radius 3 is 2.94 bits per heavy atom. The van der Waals surface area contributed by atoms with E-state index in [4.69, 9.17) is 9.47 Å². The summed E-state index contributed by atoms with van der Waals surface area (Å²) in [6.45, 7) is 7.16. The topological polar surface area (TPSA) is 30.5 Å². The van der Waals surface area contributed by atoms with Gasteiger partial charge in [0.1, 0.15) is 0 Å². The van der Waals surface area contributed by atoms with Crippen LogP contribution in [-0.2, 0) is 9.47 Å². The Kier molecular flexibility index (Phi) is 5.67. The van der Waals surface area contributed by atoms with Crippen LogP contribution in [0.1, 0.15) is 44.9 Å². The van der Waals surface area contributed by atoms with Gasteiger partial charge in [0.15, 0.2) is 0 Å². The monoisotopic (exact) mass is 253 g/mol. The molecule has 2 fully saturated rings. The number of ether oxygens (including phenoxy) is 2. The average molecular weight is 253 g/mol. The van der Waals surface area contributed by atoms with Crippen LogP contribution in [0.3, 0.4) is 0 Å². The van der Waals surface area contributed by atoms with Crippen molar-refractivity contribution in [2.45, 2.75) is 56.6 Å². The smallest absolute Gasteiger partial charge is 0.0697 e. The Labute approximate surface area is 111 Å². The molecule has 1 spiro atoms. The molecule has 1 aliphatic carbocycles. The van der Waals surface area contributed by atoms with Gasteiger partial charge in [0, 0.05) is 19.2 Å². The van der Waals surface area contributed by atoms with Gasteiger partial charge in [0.25, 0.3) is 0 Å². The number of hydrogen-bond acceptors (Lipinski definition) is 3. The fourth-order valence-corrected chi connectivity index (χ4v) is 3.17. The molecular formula is C15H27NO2. The van der Waals surface area contributed by atoms with Gasteiger partial charge in [-0.05, 0) is 32.1 Å². The summed E-state index contributed by atoms with van der Waals surface area (Å²) < 4.78 is 11.6. The predicted octanol–water partition coefficient (Wildman–Crippen LogP) is 2.66. The fourth-order valence-electron chi connectivity index (χ4n) is 3.17. The largest absolute Gasteiger partial charge is 0.380 e. The van der Waals surface area contributed by atoms with Crippen molar-refractivity contribution < 1.29 is 9.47 Å². The normalized spacial score (nSPS) is 26.6. The molecule has 104 valence electrons. The fraction of sp³-hybridized carbons (Fsp3) is 0.867. The summed E-state index contributed by atoms with van der Waals surface area (Å²) in [5, 5.41) is 3.62. The second kappa shape index (κ2) is 7.27. The molecule has 1 atom stereocenters. The van der Waals surface area contributed by atoms with Gasteiger partial charge >= 0.3 is 0 Å². The maximum Gasteiger partial charge on any atom is 0.0697 e. The molecule has 0 radical (unpaired) electrons. The zero-order valence-electron chi connectivity index (χ0n) is 11.5. The maximum atomic E-state index is 6.03. The first-order valence-corrected chi connectivity index (χ1v) is 7.41. The van der Waals surface area contributed by atoms with Crippen LogP contribution in [0.25, 0.3) is 0 Å². The van der Waals surface area contributed by atoms with Gasteiger partial charge < -0.3 is 14.8 Å². The van der Waals surface area contributed by atoms with Crippen LogP contribution in [0.5, 0.6) is 0 Å². The highest BCUT2D eigenvalue weighted by atomic mass is 16.5. The molecule has 2 rings (SSSR count). The van der Waals surface area contributed by atoms with Crippen molar-refractivity contribution in [1.29, 1.82) is 0 Å². The molecule has 0 bridgehead atoms. The third kappa shape index (κ3) is 4.08. The summed E-state index contributed by atoms with van der Waals surface area (Å²) in [7, 11) is 0. The average Bonchev–Trinajstić information content (AvgIpc) is 2.82. The van der Waals surface area contributed by atoms with E-state index in [0.29, 0.717) is 6.04 Å². The Bertz CT molecular complexity index is 249. The lowest BCUT2D eigenvalue weighted by atomic mass is 9.89. The SMILES string of the molecule is C=CCCOCCNC1CCOC2(CCCC2)C1. The molecule has 1 saturated heterocycles. The van der Waals surface area contributed by atoms with E-state index in [9.17, 15) is 0 Å². The summed E-state index contributed by atoms with van der Waals surface area (Å²) in [6, 6.07) is 0.625. The van der Waals surface area contributed by atoms with Crippen LogP contribution in [0.2, 0.25) is 0 Å². The number of hydrogen-bond donors (Lipinski definition) is 1. The molecule has 0 aromatic carbocycles. The summed E-state index contributed by atoms with van der Waals surface area (Å²) in [5.74, 6) is 0. The van der Waals surface area contributed by atoms with Gasteiger partial charge in [0.05, 0.1) is 18.8 Å². The van der Waals surface area contributed by atoms with Crippen molar-refractivity contribution in [3.63, 3.8) is 0 Å². The molecule has 1 saturated carbocycles. The van der Waals surface area contributed by atoms with E-state index in [0.717, 1.165) is 39.2 Å². The molecule has 0 amide bonds. The van der Waals surface area contributed by atoms with Crippen LogP contribution < -0.4 is 5.32 Å². The van der Waals surface area contributed by atoms with E-state index in [-0.39, 0.29) is 5.60 Å². The molecule has 2 aliphatic rings. The second-order valence-electron chi connectivity index (χ2n) is 5.57. The molecule has 1 N–H and O–H groups in total.